The third-order valence-electron chi connectivity index (χ3n) is 5.43. The number of aliphatic carboxylic acids is 1. The van der Waals surface area contributed by atoms with E-state index in [-0.39, 0.29) is 24.3 Å². The SMILES string of the molecule is COc1ccc2c(=O)n(CCC(Sc3ccc(-c4ccc(OC)c(F)c4)cc3)C(=O)O)nnc2c1. The van der Waals surface area contributed by atoms with Gasteiger partial charge in [-0.05, 0) is 53.9 Å². The van der Waals surface area contributed by atoms with Crippen molar-refractivity contribution >= 4 is 28.6 Å². The number of thioether (sulfide) groups is 1. The summed E-state index contributed by atoms with van der Waals surface area (Å²) in [5, 5.41) is 17.3. The molecule has 0 amide bonds. The van der Waals surface area contributed by atoms with Crippen molar-refractivity contribution < 1.29 is 23.8 Å². The van der Waals surface area contributed by atoms with Crippen LogP contribution in [0.3, 0.4) is 0 Å². The van der Waals surface area contributed by atoms with Gasteiger partial charge in [0, 0.05) is 17.5 Å². The van der Waals surface area contributed by atoms with E-state index in [1.807, 2.05) is 0 Å². The Morgan fingerprint density at radius 3 is 2.46 bits per heavy atom. The summed E-state index contributed by atoms with van der Waals surface area (Å²) >= 11 is 1.17. The predicted molar refractivity (Wildman–Crippen MR) is 131 cm³/mol. The van der Waals surface area contributed by atoms with Crippen molar-refractivity contribution in [1.82, 2.24) is 15.0 Å². The Kier molecular flexibility index (Phi) is 7.31. The Bertz CT molecular complexity index is 1430. The molecule has 1 unspecified atom stereocenters. The minimum Gasteiger partial charge on any atom is -0.497 e. The van der Waals surface area contributed by atoms with E-state index in [4.69, 9.17) is 9.47 Å². The summed E-state index contributed by atoms with van der Waals surface area (Å²) in [6.07, 6.45) is 0.168. The molecule has 1 heterocycles. The molecule has 4 rings (SSSR count). The number of nitrogens with zero attached hydrogens (tertiary/aromatic N) is 3. The molecule has 0 saturated heterocycles. The van der Waals surface area contributed by atoms with Gasteiger partial charge >= 0.3 is 5.97 Å². The van der Waals surface area contributed by atoms with E-state index in [2.05, 4.69) is 10.3 Å². The standard InChI is InChI=1S/C25H22FN3O5S/c1-33-17-6-9-19-21(14-17)27-28-29(24(19)30)12-11-23(25(31)32)35-18-7-3-15(4-8-18)16-5-10-22(34-2)20(26)13-16/h3-10,13-14,23H,11-12H2,1-2H3,(H,31,32). The highest BCUT2D eigenvalue weighted by molar-refractivity contribution is 8.00. The van der Waals surface area contributed by atoms with Crippen LogP contribution in [0.15, 0.2) is 70.4 Å². The van der Waals surface area contributed by atoms with Gasteiger partial charge in [0.05, 0.1) is 19.6 Å². The molecule has 0 saturated carbocycles. The molecule has 8 nitrogen and oxygen atoms in total. The van der Waals surface area contributed by atoms with Gasteiger partial charge in [-0.2, -0.15) is 0 Å². The van der Waals surface area contributed by atoms with E-state index in [1.54, 1.807) is 54.6 Å². The van der Waals surface area contributed by atoms with Crippen LogP contribution in [0.4, 0.5) is 4.39 Å². The average Bonchev–Trinajstić information content (AvgIpc) is 2.87. The van der Waals surface area contributed by atoms with Crippen LogP contribution in [0.25, 0.3) is 22.0 Å². The average molecular weight is 496 g/mol. The zero-order chi connectivity index (χ0) is 24.9. The number of methoxy groups -OCH3 is 2. The number of carboxylic acids is 1. The van der Waals surface area contributed by atoms with Crippen molar-refractivity contribution in [3.05, 3.63) is 76.8 Å². The lowest BCUT2D eigenvalue weighted by atomic mass is 10.1. The first-order chi connectivity index (χ1) is 16.9. The molecule has 0 aliphatic heterocycles. The van der Waals surface area contributed by atoms with Crippen LogP contribution >= 0.6 is 11.8 Å². The van der Waals surface area contributed by atoms with E-state index in [9.17, 15) is 19.1 Å². The van der Waals surface area contributed by atoms with Gasteiger partial charge in [-0.1, -0.05) is 23.4 Å². The van der Waals surface area contributed by atoms with Gasteiger partial charge in [-0.25, -0.2) is 9.07 Å². The lowest BCUT2D eigenvalue weighted by molar-refractivity contribution is -0.136. The lowest BCUT2D eigenvalue weighted by Gasteiger charge is -2.13. The number of halogens is 1. The first-order valence-electron chi connectivity index (χ1n) is 10.6. The van der Waals surface area contributed by atoms with Gasteiger partial charge in [0.1, 0.15) is 16.5 Å². The number of benzene rings is 3. The summed E-state index contributed by atoms with van der Waals surface area (Å²) in [7, 11) is 2.93. The zero-order valence-corrected chi connectivity index (χ0v) is 19.8. The predicted octanol–water partition coefficient (Wildman–Crippen LogP) is 4.25. The number of hydrogen-bond donors (Lipinski definition) is 1. The maximum absolute atomic E-state index is 14.0. The quantitative estimate of drug-likeness (QED) is 0.344. The Morgan fingerprint density at radius 1 is 1.06 bits per heavy atom. The number of rotatable bonds is 9. The second-order valence-electron chi connectivity index (χ2n) is 7.61. The summed E-state index contributed by atoms with van der Waals surface area (Å²) in [6, 6.07) is 16.8. The van der Waals surface area contributed by atoms with Crippen LogP contribution in [0, 0.1) is 5.82 Å². The molecule has 0 aliphatic rings. The van der Waals surface area contributed by atoms with Gasteiger partial charge in [0.15, 0.2) is 11.6 Å². The Morgan fingerprint density at radius 2 is 1.80 bits per heavy atom. The van der Waals surface area contributed by atoms with Crippen LogP contribution in [0.1, 0.15) is 6.42 Å². The molecule has 0 bridgehead atoms. The second kappa shape index (κ2) is 10.6. The third-order valence-corrected chi connectivity index (χ3v) is 6.69. The third kappa shape index (κ3) is 5.43. The first kappa shape index (κ1) is 24.2. The molecule has 3 aromatic carbocycles. The van der Waals surface area contributed by atoms with Crippen molar-refractivity contribution in [2.24, 2.45) is 0 Å². The smallest absolute Gasteiger partial charge is 0.317 e. The van der Waals surface area contributed by atoms with Crippen LogP contribution in [-0.2, 0) is 11.3 Å². The molecular weight excluding hydrogens is 473 g/mol. The van der Waals surface area contributed by atoms with Crippen LogP contribution in [0.5, 0.6) is 11.5 Å². The Labute approximate surface area is 204 Å². The second-order valence-corrected chi connectivity index (χ2v) is 8.88. The van der Waals surface area contributed by atoms with E-state index in [0.29, 0.717) is 22.2 Å². The fraction of sp³-hybridized carbons (Fsp3) is 0.200. The van der Waals surface area contributed by atoms with Crippen LogP contribution < -0.4 is 15.0 Å². The summed E-state index contributed by atoms with van der Waals surface area (Å²) in [6.45, 7) is 0.0982. The van der Waals surface area contributed by atoms with Gasteiger partial charge < -0.3 is 14.6 Å². The lowest BCUT2D eigenvalue weighted by Crippen LogP contribution is -2.27. The maximum Gasteiger partial charge on any atom is 0.317 e. The van der Waals surface area contributed by atoms with Crippen molar-refractivity contribution in [1.29, 1.82) is 0 Å². The van der Waals surface area contributed by atoms with Crippen molar-refractivity contribution in [3.8, 4) is 22.6 Å². The van der Waals surface area contributed by atoms with Crippen LogP contribution in [-0.4, -0.2) is 45.5 Å². The van der Waals surface area contributed by atoms with Crippen LogP contribution in [0.2, 0.25) is 0 Å². The molecule has 0 fully saturated rings. The molecule has 1 N–H and O–H groups in total. The van der Waals surface area contributed by atoms with E-state index in [0.717, 1.165) is 10.5 Å². The highest BCUT2D eigenvalue weighted by Gasteiger charge is 2.20. The summed E-state index contributed by atoms with van der Waals surface area (Å²) in [5.41, 5.74) is 1.54. The molecule has 35 heavy (non-hydrogen) atoms. The molecule has 10 heteroatoms. The highest BCUT2D eigenvalue weighted by atomic mass is 32.2. The van der Waals surface area contributed by atoms with E-state index < -0.39 is 17.0 Å². The molecular formula is C25H22FN3O5S. The number of carboxylic acid groups (broad SMARTS) is 1. The molecule has 1 aromatic heterocycles. The minimum absolute atomic E-state index is 0.0982. The molecule has 0 radical (unpaired) electrons. The largest absolute Gasteiger partial charge is 0.497 e. The van der Waals surface area contributed by atoms with Gasteiger partial charge in [-0.15, -0.1) is 16.9 Å². The van der Waals surface area contributed by atoms with Gasteiger partial charge in [0.2, 0.25) is 0 Å². The van der Waals surface area contributed by atoms with E-state index in [1.165, 1.54) is 36.7 Å². The molecule has 0 aliphatic carbocycles. The highest BCUT2D eigenvalue weighted by Crippen LogP contribution is 2.30. The number of fused-ring (bicyclic) bond motifs is 1. The van der Waals surface area contributed by atoms with Gasteiger partial charge in [0.25, 0.3) is 5.56 Å². The van der Waals surface area contributed by atoms with Gasteiger partial charge in [-0.3, -0.25) is 9.59 Å². The number of ether oxygens (including phenoxy) is 2. The van der Waals surface area contributed by atoms with Crippen molar-refractivity contribution in [2.75, 3.05) is 14.2 Å². The normalized spacial score (nSPS) is 11.9. The Hall–Kier alpha value is -3.92. The number of aryl methyl sites for hydroxylation is 1. The fourth-order valence-electron chi connectivity index (χ4n) is 3.54. The van der Waals surface area contributed by atoms with Crippen molar-refractivity contribution in [3.63, 3.8) is 0 Å². The molecule has 4 aromatic rings. The number of hydrogen-bond acceptors (Lipinski definition) is 7. The topological polar surface area (TPSA) is 104 Å². The van der Waals surface area contributed by atoms with Crippen molar-refractivity contribution in [2.45, 2.75) is 23.1 Å². The maximum atomic E-state index is 14.0. The van der Waals surface area contributed by atoms with E-state index >= 15 is 0 Å². The Balaban J connectivity index is 1.46. The summed E-state index contributed by atoms with van der Waals surface area (Å²) < 4.78 is 25.3. The number of carbonyl (C=O) groups is 1. The fourth-order valence-corrected chi connectivity index (χ4v) is 4.48. The summed E-state index contributed by atoms with van der Waals surface area (Å²) in [4.78, 5) is 25.3. The zero-order valence-electron chi connectivity index (χ0n) is 19.0. The minimum atomic E-state index is -0.997. The molecule has 0 spiro atoms. The number of aromatic nitrogens is 3. The molecule has 180 valence electrons. The first-order valence-corrected chi connectivity index (χ1v) is 11.5. The summed E-state index contributed by atoms with van der Waals surface area (Å²) in [5.74, 6) is -0.724. The molecule has 1 atom stereocenters. The monoisotopic (exact) mass is 495 g/mol.